The van der Waals surface area contributed by atoms with Crippen LogP contribution in [0.4, 0.5) is 0 Å². The van der Waals surface area contributed by atoms with Crippen molar-refractivity contribution in [2.75, 3.05) is 0 Å². The van der Waals surface area contributed by atoms with Crippen molar-refractivity contribution in [1.29, 1.82) is 0 Å². The van der Waals surface area contributed by atoms with E-state index in [4.69, 9.17) is 5.11 Å². The highest BCUT2D eigenvalue weighted by Gasteiger charge is 2.09. The minimum absolute atomic E-state index is 0.0888. The summed E-state index contributed by atoms with van der Waals surface area (Å²) in [5.74, 6) is -1.29. The molecule has 4 nitrogen and oxygen atoms in total. The first-order valence-corrected chi connectivity index (χ1v) is 4.22. The molecule has 0 spiro atoms. The molecule has 0 unspecified atom stereocenters. The molecule has 0 amide bonds. The Morgan fingerprint density at radius 2 is 1.92 bits per heavy atom. The maximum Gasteiger partial charge on any atom is 0.307 e. The normalized spacial score (nSPS) is 9.92. The molecule has 0 aliphatic heterocycles. The second-order valence-corrected chi connectivity index (χ2v) is 3.36. The second kappa shape index (κ2) is 3.66. The minimum atomic E-state index is -1.06. The first-order valence-electron chi connectivity index (χ1n) is 3.43. The first kappa shape index (κ1) is 9.85. The van der Waals surface area contributed by atoms with Crippen LogP contribution in [0.1, 0.15) is 5.56 Å². The summed E-state index contributed by atoms with van der Waals surface area (Å²) in [6.07, 6.45) is -0.313. The van der Waals surface area contributed by atoms with Crippen LogP contribution in [0.25, 0.3) is 0 Å². The molecule has 3 N–H and O–H groups in total. The Morgan fingerprint density at radius 1 is 1.31 bits per heavy atom. The lowest BCUT2D eigenvalue weighted by atomic mass is 10.1. The van der Waals surface area contributed by atoms with E-state index in [-0.39, 0.29) is 23.5 Å². The molecule has 0 aromatic heterocycles. The molecule has 0 bridgehead atoms. The van der Waals surface area contributed by atoms with Gasteiger partial charge in [0, 0.05) is 5.56 Å². The van der Waals surface area contributed by atoms with Gasteiger partial charge in [0.2, 0.25) is 0 Å². The van der Waals surface area contributed by atoms with Crippen LogP contribution >= 0.6 is 15.9 Å². The van der Waals surface area contributed by atoms with Crippen LogP contribution in [0.15, 0.2) is 16.6 Å². The highest BCUT2D eigenvalue weighted by Crippen LogP contribution is 2.31. The SMILES string of the molecule is O=C(O)Cc1cc(O)c(Br)cc1O. The summed E-state index contributed by atoms with van der Waals surface area (Å²) in [5, 5.41) is 26.9. The number of phenolic OH excluding ortho intramolecular Hbond substituents is 2. The van der Waals surface area contributed by atoms with Crippen LogP contribution < -0.4 is 0 Å². The zero-order valence-corrected chi connectivity index (χ0v) is 8.08. The summed E-state index contributed by atoms with van der Waals surface area (Å²) >= 11 is 2.99. The Labute approximate surface area is 82.6 Å². The van der Waals surface area contributed by atoms with E-state index >= 15 is 0 Å². The van der Waals surface area contributed by atoms with Gasteiger partial charge in [-0.1, -0.05) is 0 Å². The number of hydrogen-bond donors (Lipinski definition) is 3. The molecule has 0 atom stereocenters. The summed E-state index contributed by atoms with van der Waals surface area (Å²) in [5.41, 5.74) is 0.188. The molecule has 13 heavy (non-hydrogen) atoms. The van der Waals surface area contributed by atoms with Gasteiger partial charge in [-0.15, -0.1) is 0 Å². The van der Waals surface area contributed by atoms with Crippen molar-refractivity contribution in [3.8, 4) is 11.5 Å². The van der Waals surface area contributed by atoms with E-state index in [9.17, 15) is 15.0 Å². The van der Waals surface area contributed by atoms with E-state index in [1.165, 1.54) is 12.1 Å². The van der Waals surface area contributed by atoms with Gasteiger partial charge in [-0.05, 0) is 28.1 Å². The monoisotopic (exact) mass is 246 g/mol. The molecule has 0 heterocycles. The summed E-state index contributed by atoms with van der Waals surface area (Å²) < 4.78 is 0.333. The van der Waals surface area contributed by atoms with Gasteiger partial charge in [-0.2, -0.15) is 0 Å². The number of rotatable bonds is 2. The summed E-state index contributed by atoms with van der Waals surface area (Å²) in [4.78, 5) is 10.3. The number of aromatic hydroxyl groups is 2. The van der Waals surface area contributed by atoms with Crippen LogP contribution in [-0.2, 0) is 11.2 Å². The van der Waals surface area contributed by atoms with Crippen molar-refractivity contribution in [3.05, 3.63) is 22.2 Å². The molecule has 0 fully saturated rings. The third-order valence-corrected chi connectivity index (χ3v) is 2.12. The Hall–Kier alpha value is -1.23. The van der Waals surface area contributed by atoms with E-state index in [0.29, 0.717) is 4.47 Å². The number of aliphatic carboxylic acids is 1. The molecule has 0 radical (unpaired) electrons. The maximum absolute atomic E-state index is 10.3. The van der Waals surface area contributed by atoms with Gasteiger partial charge < -0.3 is 15.3 Å². The quantitative estimate of drug-likeness (QED) is 0.692. The number of halogens is 1. The topological polar surface area (TPSA) is 77.8 Å². The van der Waals surface area contributed by atoms with Crippen LogP contribution in [0, 0.1) is 0 Å². The third-order valence-electron chi connectivity index (χ3n) is 1.49. The Balaban J connectivity index is 3.08. The zero-order chi connectivity index (χ0) is 10.0. The van der Waals surface area contributed by atoms with Crippen molar-refractivity contribution in [2.45, 2.75) is 6.42 Å². The van der Waals surface area contributed by atoms with E-state index in [1.807, 2.05) is 0 Å². The number of carboxylic acids is 1. The molecular formula is C8H7BrO4. The number of carbonyl (C=O) groups is 1. The van der Waals surface area contributed by atoms with Gasteiger partial charge in [-0.25, -0.2) is 0 Å². The smallest absolute Gasteiger partial charge is 0.307 e. The number of phenols is 2. The van der Waals surface area contributed by atoms with Crippen LogP contribution in [-0.4, -0.2) is 21.3 Å². The van der Waals surface area contributed by atoms with Crippen molar-refractivity contribution in [3.63, 3.8) is 0 Å². The van der Waals surface area contributed by atoms with Crippen molar-refractivity contribution < 1.29 is 20.1 Å². The minimum Gasteiger partial charge on any atom is -0.508 e. The summed E-state index contributed by atoms with van der Waals surface area (Å²) in [7, 11) is 0. The third kappa shape index (κ3) is 2.35. The molecular weight excluding hydrogens is 240 g/mol. The van der Waals surface area contributed by atoms with Crippen molar-refractivity contribution in [2.24, 2.45) is 0 Å². The van der Waals surface area contributed by atoms with E-state index in [1.54, 1.807) is 0 Å². The number of benzene rings is 1. The zero-order valence-electron chi connectivity index (χ0n) is 6.49. The van der Waals surface area contributed by atoms with Gasteiger partial charge in [0.25, 0.3) is 0 Å². The fourth-order valence-electron chi connectivity index (χ4n) is 0.899. The fourth-order valence-corrected chi connectivity index (χ4v) is 1.23. The van der Waals surface area contributed by atoms with Crippen molar-refractivity contribution >= 4 is 21.9 Å². The average Bonchev–Trinajstić information content (AvgIpc) is 1.99. The molecule has 5 heteroatoms. The number of carboxylic acid groups (broad SMARTS) is 1. The lowest BCUT2D eigenvalue weighted by molar-refractivity contribution is -0.136. The lowest BCUT2D eigenvalue weighted by Gasteiger charge is -2.03. The van der Waals surface area contributed by atoms with Crippen molar-refractivity contribution in [1.82, 2.24) is 0 Å². The van der Waals surface area contributed by atoms with Gasteiger partial charge in [0.1, 0.15) is 11.5 Å². The van der Waals surface area contributed by atoms with Gasteiger partial charge in [0.05, 0.1) is 10.9 Å². The summed E-state index contributed by atoms with van der Waals surface area (Å²) in [6.45, 7) is 0. The molecule has 0 saturated heterocycles. The largest absolute Gasteiger partial charge is 0.508 e. The van der Waals surface area contributed by atoms with Crippen LogP contribution in [0.5, 0.6) is 11.5 Å². The fraction of sp³-hybridized carbons (Fsp3) is 0.125. The lowest BCUT2D eigenvalue weighted by Crippen LogP contribution is -2.00. The van der Waals surface area contributed by atoms with E-state index < -0.39 is 5.97 Å². The molecule has 0 aliphatic carbocycles. The standard InChI is InChI=1S/C8H7BrO4/c9-5-3-6(10)4(1-7(5)11)2-8(12)13/h1,3,10-11H,2H2,(H,12,13). The van der Waals surface area contributed by atoms with Crippen LogP contribution in [0.3, 0.4) is 0 Å². The summed E-state index contributed by atoms with van der Waals surface area (Å²) in [6, 6.07) is 2.47. The molecule has 0 aliphatic rings. The predicted molar refractivity (Wildman–Crippen MR) is 48.8 cm³/mol. The van der Waals surface area contributed by atoms with E-state index in [0.717, 1.165) is 0 Å². The number of hydrogen-bond acceptors (Lipinski definition) is 3. The molecule has 0 saturated carbocycles. The predicted octanol–water partition coefficient (Wildman–Crippen LogP) is 1.49. The Bertz CT molecular complexity index is 348. The van der Waals surface area contributed by atoms with Crippen LogP contribution in [0.2, 0.25) is 0 Å². The average molecular weight is 247 g/mol. The highest BCUT2D eigenvalue weighted by molar-refractivity contribution is 9.10. The van der Waals surface area contributed by atoms with Gasteiger partial charge >= 0.3 is 5.97 Å². The molecule has 1 aromatic rings. The molecule has 1 aromatic carbocycles. The molecule has 1 rings (SSSR count). The first-order chi connectivity index (χ1) is 6.00. The Morgan fingerprint density at radius 3 is 2.46 bits per heavy atom. The Kier molecular flexibility index (Phi) is 2.77. The molecule has 70 valence electrons. The van der Waals surface area contributed by atoms with Gasteiger partial charge in [-0.3, -0.25) is 4.79 Å². The maximum atomic E-state index is 10.3. The second-order valence-electron chi connectivity index (χ2n) is 2.50. The van der Waals surface area contributed by atoms with Gasteiger partial charge in [0.15, 0.2) is 0 Å². The van der Waals surface area contributed by atoms with E-state index in [2.05, 4.69) is 15.9 Å². The highest BCUT2D eigenvalue weighted by atomic mass is 79.9.